The molecule has 0 unspecified atom stereocenters. The second-order valence-corrected chi connectivity index (χ2v) is 7.41. The van der Waals surface area contributed by atoms with Crippen LogP contribution in [0.4, 0.5) is 0 Å². The number of aryl methyl sites for hydroxylation is 1. The normalized spacial score (nSPS) is 11.1. The average molecular weight is 420 g/mol. The van der Waals surface area contributed by atoms with Crippen molar-refractivity contribution in [2.45, 2.75) is 20.3 Å². The van der Waals surface area contributed by atoms with Gasteiger partial charge in [0.2, 0.25) is 0 Å². The number of rotatable bonds is 7. The Balaban J connectivity index is 1.34. The Bertz CT molecular complexity index is 1320. The van der Waals surface area contributed by atoms with Crippen LogP contribution >= 0.6 is 0 Å². The largest absolute Gasteiger partial charge is 0.497 e. The molecule has 31 heavy (non-hydrogen) atoms. The van der Waals surface area contributed by atoms with Crippen LogP contribution in [0.1, 0.15) is 16.7 Å². The molecule has 7 heteroatoms. The van der Waals surface area contributed by atoms with E-state index in [2.05, 4.69) is 10.3 Å². The predicted octanol–water partition coefficient (Wildman–Crippen LogP) is 3.64. The summed E-state index contributed by atoms with van der Waals surface area (Å²) < 4.78 is 16.2. The molecule has 0 atom stereocenters. The van der Waals surface area contributed by atoms with Gasteiger partial charge in [-0.2, -0.15) is 0 Å². The van der Waals surface area contributed by atoms with Gasteiger partial charge in [-0.1, -0.05) is 0 Å². The molecule has 0 aliphatic rings. The topological polar surface area (TPSA) is 93.6 Å². The van der Waals surface area contributed by atoms with E-state index in [9.17, 15) is 9.59 Å². The van der Waals surface area contributed by atoms with E-state index in [0.717, 1.165) is 33.2 Å². The van der Waals surface area contributed by atoms with Crippen LogP contribution in [0, 0.1) is 13.8 Å². The number of benzene rings is 2. The van der Waals surface area contributed by atoms with Crippen LogP contribution in [0.25, 0.3) is 21.9 Å². The summed E-state index contributed by atoms with van der Waals surface area (Å²) in [6.45, 7) is 3.98. The minimum absolute atomic E-state index is 0.123. The van der Waals surface area contributed by atoms with E-state index >= 15 is 0 Å². The Morgan fingerprint density at radius 2 is 1.87 bits per heavy atom. The van der Waals surface area contributed by atoms with E-state index in [0.29, 0.717) is 29.9 Å². The van der Waals surface area contributed by atoms with E-state index in [-0.39, 0.29) is 18.1 Å². The van der Waals surface area contributed by atoms with Crippen molar-refractivity contribution in [2.24, 2.45) is 0 Å². The number of methoxy groups -OCH3 is 1. The maximum absolute atomic E-state index is 12.2. The first kappa shape index (κ1) is 20.5. The zero-order valence-corrected chi connectivity index (χ0v) is 17.7. The molecular weight excluding hydrogens is 396 g/mol. The number of nitrogens with one attached hydrogen (secondary N) is 2. The number of hydrogen-bond donors (Lipinski definition) is 2. The number of fused-ring (bicyclic) bond motifs is 2. The number of carbonyl (C=O) groups is 1. The Morgan fingerprint density at radius 1 is 1.06 bits per heavy atom. The van der Waals surface area contributed by atoms with Crippen molar-refractivity contribution in [3.63, 3.8) is 0 Å². The summed E-state index contributed by atoms with van der Waals surface area (Å²) in [5.74, 6) is 1.04. The third-order valence-electron chi connectivity index (χ3n) is 5.49. The fourth-order valence-corrected chi connectivity index (χ4v) is 3.55. The molecule has 2 aromatic carbocycles. The van der Waals surface area contributed by atoms with Crippen molar-refractivity contribution in [3.8, 4) is 11.5 Å². The van der Waals surface area contributed by atoms with Gasteiger partial charge in [-0.05, 0) is 61.7 Å². The molecule has 4 rings (SSSR count). The number of ether oxygens (including phenoxy) is 2. The van der Waals surface area contributed by atoms with Gasteiger partial charge in [0.1, 0.15) is 17.1 Å². The van der Waals surface area contributed by atoms with Crippen LogP contribution < -0.4 is 20.4 Å². The molecule has 2 heterocycles. The highest BCUT2D eigenvalue weighted by Gasteiger charge is 2.10. The number of carbonyl (C=O) groups excluding carboxylic acids is 1. The molecule has 0 saturated carbocycles. The fraction of sp³-hybridized carbons (Fsp3) is 0.250. The highest BCUT2D eigenvalue weighted by Crippen LogP contribution is 2.25. The zero-order chi connectivity index (χ0) is 22.0. The van der Waals surface area contributed by atoms with E-state index in [4.69, 9.17) is 13.9 Å². The highest BCUT2D eigenvalue weighted by molar-refractivity contribution is 5.85. The van der Waals surface area contributed by atoms with Crippen LogP contribution in [-0.2, 0) is 11.2 Å². The summed E-state index contributed by atoms with van der Waals surface area (Å²) in [5.41, 5.74) is 3.68. The summed E-state index contributed by atoms with van der Waals surface area (Å²) >= 11 is 0. The van der Waals surface area contributed by atoms with Crippen molar-refractivity contribution in [1.82, 2.24) is 10.3 Å². The van der Waals surface area contributed by atoms with Gasteiger partial charge >= 0.3 is 5.63 Å². The molecule has 0 radical (unpaired) electrons. The summed E-state index contributed by atoms with van der Waals surface area (Å²) in [6, 6.07) is 11.1. The summed E-state index contributed by atoms with van der Waals surface area (Å²) in [7, 11) is 1.64. The summed E-state index contributed by atoms with van der Waals surface area (Å²) in [6.07, 6.45) is 2.62. The molecule has 0 aliphatic carbocycles. The van der Waals surface area contributed by atoms with Crippen molar-refractivity contribution in [2.75, 3.05) is 20.3 Å². The van der Waals surface area contributed by atoms with Crippen LogP contribution in [0.15, 0.2) is 51.8 Å². The first-order valence-corrected chi connectivity index (χ1v) is 10.0. The van der Waals surface area contributed by atoms with Crippen LogP contribution in [0.2, 0.25) is 0 Å². The van der Waals surface area contributed by atoms with Crippen molar-refractivity contribution >= 4 is 27.8 Å². The molecule has 0 aliphatic heterocycles. The molecule has 1 amide bonds. The number of hydrogen-bond acceptors (Lipinski definition) is 5. The SMILES string of the molecule is COc1ccc2[nH]cc(CCNC(=O)COc3ccc4c(C)c(C)c(=O)oc4c3)c2c1. The number of H-pyrrole nitrogens is 1. The fourth-order valence-electron chi connectivity index (χ4n) is 3.55. The lowest BCUT2D eigenvalue weighted by Crippen LogP contribution is -2.30. The smallest absolute Gasteiger partial charge is 0.339 e. The second kappa shape index (κ2) is 8.55. The Labute approximate surface area is 179 Å². The third kappa shape index (κ3) is 4.26. The van der Waals surface area contributed by atoms with Crippen LogP contribution in [0.5, 0.6) is 11.5 Å². The molecule has 0 saturated heterocycles. The van der Waals surface area contributed by atoms with Crippen molar-refractivity contribution in [3.05, 3.63) is 69.7 Å². The molecule has 2 N–H and O–H groups in total. The number of amides is 1. The Morgan fingerprint density at radius 3 is 2.68 bits per heavy atom. The predicted molar refractivity (Wildman–Crippen MR) is 119 cm³/mol. The van der Waals surface area contributed by atoms with Gasteiger partial charge in [-0.15, -0.1) is 0 Å². The lowest BCUT2D eigenvalue weighted by atomic mass is 10.1. The molecular formula is C24H24N2O5. The molecule has 0 fully saturated rings. The first-order chi connectivity index (χ1) is 15.0. The van der Waals surface area contributed by atoms with E-state index in [1.807, 2.05) is 37.4 Å². The quantitative estimate of drug-likeness (QED) is 0.445. The van der Waals surface area contributed by atoms with Gasteiger partial charge in [0.15, 0.2) is 6.61 Å². The van der Waals surface area contributed by atoms with Gasteiger partial charge < -0.3 is 24.2 Å². The standard InChI is InChI=1S/C24H24N2O5/c1-14-15(2)24(28)31-22-11-18(4-6-19(14)22)30-13-23(27)25-9-8-16-12-26-21-7-5-17(29-3)10-20(16)21/h4-7,10-12,26H,8-9,13H2,1-3H3,(H,25,27). The van der Waals surface area contributed by atoms with Gasteiger partial charge in [-0.3, -0.25) is 4.79 Å². The zero-order valence-electron chi connectivity index (χ0n) is 17.7. The number of aromatic nitrogens is 1. The highest BCUT2D eigenvalue weighted by atomic mass is 16.5. The average Bonchev–Trinajstić information content (AvgIpc) is 3.18. The van der Waals surface area contributed by atoms with Gasteiger partial charge in [0.25, 0.3) is 5.91 Å². The maximum atomic E-state index is 12.2. The van der Waals surface area contributed by atoms with E-state index in [1.54, 1.807) is 26.2 Å². The minimum Gasteiger partial charge on any atom is -0.497 e. The van der Waals surface area contributed by atoms with Gasteiger partial charge in [0, 0.05) is 40.7 Å². The summed E-state index contributed by atoms with van der Waals surface area (Å²) in [5, 5.41) is 4.79. The molecule has 7 nitrogen and oxygen atoms in total. The molecule has 160 valence electrons. The van der Waals surface area contributed by atoms with Crippen LogP contribution in [-0.4, -0.2) is 31.2 Å². The molecule has 0 bridgehead atoms. The molecule has 2 aromatic heterocycles. The monoisotopic (exact) mass is 420 g/mol. The van der Waals surface area contributed by atoms with Crippen LogP contribution in [0.3, 0.4) is 0 Å². The van der Waals surface area contributed by atoms with Gasteiger partial charge in [-0.25, -0.2) is 4.79 Å². The lowest BCUT2D eigenvalue weighted by molar-refractivity contribution is -0.123. The Kier molecular flexibility index (Phi) is 5.66. The van der Waals surface area contributed by atoms with Crippen molar-refractivity contribution in [1.29, 1.82) is 0 Å². The lowest BCUT2D eigenvalue weighted by Gasteiger charge is -2.09. The van der Waals surface area contributed by atoms with E-state index < -0.39 is 0 Å². The van der Waals surface area contributed by atoms with Crippen molar-refractivity contribution < 1.29 is 18.7 Å². The first-order valence-electron chi connectivity index (χ1n) is 10.0. The minimum atomic E-state index is -0.366. The Hall–Kier alpha value is -3.74. The third-order valence-corrected chi connectivity index (χ3v) is 5.49. The molecule has 0 spiro atoms. The maximum Gasteiger partial charge on any atom is 0.339 e. The number of aromatic amines is 1. The van der Waals surface area contributed by atoms with E-state index in [1.165, 1.54) is 0 Å². The second-order valence-electron chi connectivity index (χ2n) is 7.41. The van der Waals surface area contributed by atoms with Gasteiger partial charge in [0.05, 0.1) is 7.11 Å². The molecule has 4 aromatic rings. The summed E-state index contributed by atoms with van der Waals surface area (Å²) in [4.78, 5) is 27.3.